The van der Waals surface area contributed by atoms with Crippen LogP contribution in [0.15, 0.2) is 62.3 Å². The minimum absolute atomic E-state index is 0.0555. The first-order valence-corrected chi connectivity index (χ1v) is 10.3. The van der Waals surface area contributed by atoms with Crippen LogP contribution >= 0.6 is 0 Å². The number of hydrogen-bond acceptors (Lipinski definition) is 5. The van der Waals surface area contributed by atoms with E-state index in [-0.39, 0.29) is 11.2 Å². The van der Waals surface area contributed by atoms with Crippen molar-refractivity contribution >= 4 is 22.7 Å². The van der Waals surface area contributed by atoms with Crippen molar-refractivity contribution in [2.45, 2.75) is 39.7 Å². The normalized spacial score (nSPS) is 15.8. The van der Waals surface area contributed by atoms with Crippen molar-refractivity contribution in [3.63, 3.8) is 0 Å². The van der Waals surface area contributed by atoms with Crippen molar-refractivity contribution in [1.29, 1.82) is 0 Å². The third-order valence-electron chi connectivity index (χ3n) is 5.81. The van der Waals surface area contributed by atoms with Gasteiger partial charge < -0.3 is 8.94 Å². The molecule has 3 heterocycles. The lowest BCUT2D eigenvalue weighted by Gasteiger charge is -2.22. The minimum Gasteiger partial charge on any atom is -0.450 e. The van der Waals surface area contributed by atoms with Crippen LogP contribution in [-0.2, 0) is 0 Å². The van der Waals surface area contributed by atoms with Gasteiger partial charge in [-0.25, -0.2) is 0 Å². The molecular weight excluding hydrogens is 392 g/mol. The zero-order valence-electron chi connectivity index (χ0n) is 17.8. The van der Waals surface area contributed by atoms with E-state index in [0.717, 1.165) is 11.1 Å². The molecule has 1 aliphatic heterocycles. The van der Waals surface area contributed by atoms with Gasteiger partial charge in [0, 0.05) is 6.07 Å². The summed E-state index contributed by atoms with van der Waals surface area (Å²) in [5.74, 6) is 0.956. The predicted octanol–water partition coefficient (Wildman–Crippen LogP) is 5.27. The number of nitrogens with zero attached hydrogens (tertiary/aromatic N) is 2. The van der Waals surface area contributed by atoms with Crippen LogP contribution in [0.5, 0.6) is 0 Å². The Hall–Kier alpha value is -3.67. The molecule has 2 aromatic heterocycles. The molecule has 6 nitrogen and oxygen atoms in total. The van der Waals surface area contributed by atoms with Crippen LogP contribution in [0.25, 0.3) is 11.0 Å². The Labute approximate surface area is 179 Å². The molecule has 0 saturated heterocycles. The van der Waals surface area contributed by atoms with Gasteiger partial charge in [0.15, 0.2) is 11.2 Å². The summed E-state index contributed by atoms with van der Waals surface area (Å²) >= 11 is 0. The Morgan fingerprint density at radius 2 is 1.74 bits per heavy atom. The number of rotatable bonds is 3. The predicted molar refractivity (Wildman–Crippen MR) is 118 cm³/mol. The highest BCUT2D eigenvalue weighted by molar-refractivity contribution is 6.10. The number of carbonyl (C=O) groups is 1. The lowest BCUT2D eigenvalue weighted by atomic mass is 9.95. The van der Waals surface area contributed by atoms with Gasteiger partial charge in [-0.15, -0.1) is 0 Å². The van der Waals surface area contributed by atoms with E-state index in [2.05, 4.69) is 19.0 Å². The van der Waals surface area contributed by atoms with E-state index in [4.69, 9.17) is 8.94 Å². The molecule has 1 aliphatic rings. The van der Waals surface area contributed by atoms with Gasteiger partial charge >= 0.3 is 0 Å². The van der Waals surface area contributed by atoms with Gasteiger partial charge in [0.2, 0.25) is 5.76 Å². The molecule has 0 unspecified atom stereocenters. The highest BCUT2D eigenvalue weighted by Crippen LogP contribution is 2.41. The number of aryl methyl sites for hydroxylation is 2. The van der Waals surface area contributed by atoms with Gasteiger partial charge in [-0.2, -0.15) is 0 Å². The van der Waals surface area contributed by atoms with Crippen LogP contribution in [-0.4, -0.2) is 11.1 Å². The topological polar surface area (TPSA) is 76.6 Å². The molecule has 0 spiro atoms. The maximum Gasteiger partial charge on any atom is 0.296 e. The zero-order valence-corrected chi connectivity index (χ0v) is 17.8. The van der Waals surface area contributed by atoms with Crippen LogP contribution in [0.1, 0.15) is 64.4 Å². The van der Waals surface area contributed by atoms with Gasteiger partial charge in [-0.3, -0.25) is 14.5 Å². The van der Waals surface area contributed by atoms with Crippen molar-refractivity contribution in [3.8, 4) is 0 Å². The highest BCUT2D eigenvalue weighted by atomic mass is 16.5. The van der Waals surface area contributed by atoms with E-state index in [1.807, 2.05) is 37.3 Å². The van der Waals surface area contributed by atoms with Gasteiger partial charge in [0.05, 0.1) is 17.0 Å². The Bertz CT molecular complexity index is 1380. The number of anilines is 1. The van der Waals surface area contributed by atoms with Crippen LogP contribution in [0, 0.1) is 13.8 Å². The van der Waals surface area contributed by atoms with E-state index in [1.54, 1.807) is 25.1 Å². The van der Waals surface area contributed by atoms with Crippen LogP contribution < -0.4 is 10.3 Å². The van der Waals surface area contributed by atoms with Crippen molar-refractivity contribution in [2.24, 2.45) is 0 Å². The summed E-state index contributed by atoms with van der Waals surface area (Å²) in [6.45, 7) is 7.93. The molecule has 0 N–H and O–H groups in total. The van der Waals surface area contributed by atoms with Crippen LogP contribution in [0.2, 0.25) is 0 Å². The molecule has 0 radical (unpaired) electrons. The van der Waals surface area contributed by atoms with Crippen molar-refractivity contribution in [2.75, 3.05) is 4.90 Å². The van der Waals surface area contributed by atoms with Gasteiger partial charge in [-0.05, 0) is 43.0 Å². The van der Waals surface area contributed by atoms with Gasteiger partial charge in [-0.1, -0.05) is 54.9 Å². The fraction of sp³-hybridized carbons (Fsp3) is 0.240. The van der Waals surface area contributed by atoms with Crippen molar-refractivity contribution in [3.05, 3.63) is 92.5 Å². The number of benzene rings is 2. The molecule has 4 aromatic rings. The van der Waals surface area contributed by atoms with Crippen molar-refractivity contribution in [1.82, 2.24) is 5.16 Å². The molecule has 0 aliphatic carbocycles. The quantitative estimate of drug-likeness (QED) is 0.456. The fourth-order valence-corrected chi connectivity index (χ4v) is 4.17. The molecule has 0 saturated carbocycles. The fourth-order valence-electron chi connectivity index (χ4n) is 4.17. The summed E-state index contributed by atoms with van der Waals surface area (Å²) in [6, 6.07) is 14.4. The van der Waals surface area contributed by atoms with Gasteiger partial charge in [0.25, 0.3) is 5.91 Å². The molecular formula is C25H22N2O4. The maximum atomic E-state index is 13.6. The summed E-state index contributed by atoms with van der Waals surface area (Å²) in [4.78, 5) is 28.5. The third-order valence-corrected chi connectivity index (χ3v) is 5.81. The maximum absolute atomic E-state index is 13.6. The Balaban J connectivity index is 1.78. The van der Waals surface area contributed by atoms with Crippen molar-refractivity contribution < 1.29 is 13.7 Å². The smallest absolute Gasteiger partial charge is 0.296 e. The number of hydrogen-bond donors (Lipinski definition) is 0. The Morgan fingerprint density at radius 1 is 1.00 bits per heavy atom. The van der Waals surface area contributed by atoms with E-state index in [9.17, 15) is 9.59 Å². The number of fused-ring (bicyclic) bond motifs is 2. The van der Waals surface area contributed by atoms with Crippen LogP contribution in [0.4, 0.5) is 5.82 Å². The Morgan fingerprint density at radius 3 is 2.39 bits per heavy atom. The highest BCUT2D eigenvalue weighted by Gasteiger charge is 2.44. The zero-order chi connectivity index (χ0) is 21.9. The second-order valence-electron chi connectivity index (χ2n) is 8.37. The number of carbonyl (C=O) groups excluding carboxylic acids is 1. The standard InChI is InChI=1S/C25H22N2O4/c1-13(2)16-6-8-17(9-7-16)22-21-23(28)18-11-14(3)5-10-19(18)30-24(21)25(29)27(22)20-12-15(4)31-26-20/h5-13,22H,1-4H3/t22-/m0/s1. The van der Waals surface area contributed by atoms with E-state index < -0.39 is 11.9 Å². The first-order chi connectivity index (χ1) is 14.8. The van der Waals surface area contributed by atoms with Gasteiger partial charge in [0.1, 0.15) is 11.3 Å². The molecule has 0 fully saturated rings. The van der Waals surface area contributed by atoms with E-state index >= 15 is 0 Å². The number of amides is 1. The summed E-state index contributed by atoms with van der Waals surface area (Å²) in [5.41, 5.74) is 3.48. The molecule has 5 rings (SSSR count). The molecule has 6 heteroatoms. The largest absolute Gasteiger partial charge is 0.450 e. The summed E-state index contributed by atoms with van der Waals surface area (Å²) in [7, 11) is 0. The van der Waals surface area contributed by atoms with Crippen LogP contribution in [0.3, 0.4) is 0 Å². The average Bonchev–Trinajstić information content (AvgIpc) is 3.30. The molecule has 2 aromatic carbocycles. The monoisotopic (exact) mass is 414 g/mol. The average molecular weight is 414 g/mol. The second kappa shape index (κ2) is 6.94. The SMILES string of the molecule is Cc1ccc2oc3c(c(=O)c2c1)[C@H](c1ccc(C(C)C)cc1)N(c1cc(C)on1)C3=O. The molecule has 31 heavy (non-hydrogen) atoms. The first-order valence-electron chi connectivity index (χ1n) is 10.3. The molecule has 0 bridgehead atoms. The number of aromatic nitrogens is 1. The molecule has 1 atom stereocenters. The molecule has 156 valence electrons. The lowest BCUT2D eigenvalue weighted by molar-refractivity contribution is 0.0969. The van der Waals surface area contributed by atoms with E-state index in [0.29, 0.717) is 34.0 Å². The Kier molecular flexibility index (Phi) is 4.32. The third kappa shape index (κ3) is 2.98. The van der Waals surface area contributed by atoms with E-state index in [1.165, 1.54) is 10.5 Å². The minimum atomic E-state index is -0.644. The first kappa shape index (κ1) is 19.3. The summed E-state index contributed by atoms with van der Waals surface area (Å²) in [6.07, 6.45) is 0. The molecule has 1 amide bonds. The summed E-state index contributed by atoms with van der Waals surface area (Å²) in [5, 5.41) is 4.52. The second-order valence-corrected chi connectivity index (χ2v) is 8.37. The lowest BCUT2D eigenvalue weighted by Crippen LogP contribution is -2.29. The summed E-state index contributed by atoms with van der Waals surface area (Å²) < 4.78 is 11.2.